The van der Waals surface area contributed by atoms with Crippen molar-refractivity contribution < 1.29 is 14.1 Å². The number of nitrogen functional groups attached to an aromatic ring is 1. The molecule has 1 fully saturated rings. The lowest BCUT2D eigenvalue weighted by molar-refractivity contribution is -0.759. The summed E-state index contributed by atoms with van der Waals surface area (Å²) in [4.78, 5) is 16.1. The number of carbonyl (C=O) groups is 1. The molecule has 1 aromatic carbocycles. The van der Waals surface area contributed by atoms with Crippen LogP contribution in [-0.4, -0.2) is 48.7 Å². The van der Waals surface area contributed by atoms with Crippen molar-refractivity contribution in [3.8, 4) is 0 Å². The van der Waals surface area contributed by atoms with Gasteiger partial charge < -0.3 is 5.73 Å². The standard InChI is InChI=1S/C17H24N5O2/c18-17-14-22(19-24-17)21-12-10-20(11-13-21)9-5-4-8-16(23)15-6-2-1-3-7-15/h1-3,6-7,14H,4-5,8-13,18H2/q+1. The maximum atomic E-state index is 12.0. The first kappa shape index (κ1) is 16.4. The largest absolute Gasteiger partial charge is 0.362 e. The van der Waals surface area contributed by atoms with E-state index in [1.54, 1.807) is 11.0 Å². The van der Waals surface area contributed by atoms with Gasteiger partial charge in [0.05, 0.1) is 17.9 Å². The summed E-state index contributed by atoms with van der Waals surface area (Å²) in [6.45, 7) is 4.76. The molecule has 1 aliphatic heterocycles. The van der Waals surface area contributed by atoms with Gasteiger partial charge in [-0.2, -0.15) is 5.01 Å². The maximum Gasteiger partial charge on any atom is 0.296 e. The van der Waals surface area contributed by atoms with Gasteiger partial charge in [-0.1, -0.05) is 30.3 Å². The van der Waals surface area contributed by atoms with Gasteiger partial charge in [0.2, 0.25) is 5.27 Å². The molecule has 0 atom stereocenters. The Morgan fingerprint density at radius 1 is 1.17 bits per heavy atom. The van der Waals surface area contributed by atoms with E-state index in [0.717, 1.165) is 51.1 Å². The normalized spacial score (nSPS) is 15.6. The molecular weight excluding hydrogens is 306 g/mol. The van der Waals surface area contributed by atoms with E-state index in [-0.39, 0.29) is 5.78 Å². The van der Waals surface area contributed by atoms with Crippen LogP contribution in [0.4, 0.5) is 5.88 Å². The predicted octanol–water partition coefficient (Wildman–Crippen LogP) is 0.851. The summed E-state index contributed by atoms with van der Waals surface area (Å²) in [5, 5.41) is 5.98. The fourth-order valence-corrected chi connectivity index (χ4v) is 2.94. The lowest BCUT2D eigenvalue weighted by Gasteiger charge is -2.29. The Hall–Kier alpha value is -2.41. The highest BCUT2D eigenvalue weighted by atomic mass is 16.5. The second-order valence-corrected chi connectivity index (χ2v) is 6.07. The highest BCUT2D eigenvalue weighted by molar-refractivity contribution is 5.95. The lowest BCUT2D eigenvalue weighted by Crippen LogP contribution is -2.65. The molecule has 0 spiro atoms. The molecule has 2 heterocycles. The summed E-state index contributed by atoms with van der Waals surface area (Å²) < 4.78 is 4.89. The van der Waals surface area contributed by atoms with Crippen molar-refractivity contribution in [3.63, 3.8) is 0 Å². The molecule has 0 unspecified atom stereocenters. The number of unbranched alkanes of at least 4 members (excludes halogenated alkanes) is 1. The number of nitrogens with two attached hydrogens (primary N) is 1. The molecule has 24 heavy (non-hydrogen) atoms. The van der Waals surface area contributed by atoms with Gasteiger partial charge in [0.1, 0.15) is 0 Å². The molecule has 2 N–H and O–H groups in total. The van der Waals surface area contributed by atoms with E-state index < -0.39 is 0 Å². The van der Waals surface area contributed by atoms with E-state index >= 15 is 0 Å². The topological polar surface area (TPSA) is 79.5 Å². The first-order valence-electron chi connectivity index (χ1n) is 8.42. The van der Waals surface area contributed by atoms with Crippen molar-refractivity contribution in [1.29, 1.82) is 0 Å². The van der Waals surface area contributed by atoms with Gasteiger partial charge in [0.25, 0.3) is 12.1 Å². The molecular formula is C17H24N5O2+. The zero-order valence-corrected chi connectivity index (χ0v) is 13.8. The third-order valence-electron chi connectivity index (χ3n) is 4.34. The van der Waals surface area contributed by atoms with E-state index in [2.05, 4.69) is 15.2 Å². The molecule has 1 aliphatic rings. The fraction of sp³-hybridized carbons (Fsp3) is 0.471. The molecule has 7 heteroatoms. The van der Waals surface area contributed by atoms with Gasteiger partial charge in [-0.3, -0.25) is 14.2 Å². The van der Waals surface area contributed by atoms with Crippen molar-refractivity contribution >= 4 is 11.7 Å². The summed E-state index contributed by atoms with van der Waals surface area (Å²) in [6.07, 6.45) is 4.29. The summed E-state index contributed by atoms with van der Waals surface area (Å²) in [5.41, 5.74) is 6.36. The molecule has 0 radical (unpaired) electrons. The molecule has 2 aromatic rings. The lowest BCUT2D eigenvalue weighted by atomic mass is 10.1. The number of nitrogens with zero attached hydrogens (tertiary/aromatic N) is 4. The quantitative estimate of drug-likeness (QED) is 0.461. The maximum absolute atomic E-state index is 12.0. The van der Waals surface area contributed by atoms with Crippen LogP contribution >= 0.6 is 0 Å². The predicted molar refractivity (Wildman–Crippen MR) is 90.1 cm³/mol. The summed E-state index contributed by atoms with van der Waals surface area (Å²) in [5.74, 6) is 0.556. The number of rotatable bonds is 7. The van der Waals surface area contributed by atoms with Gasteiger partial charge in [-0.05, 0) is 19.4 Å². The average molecular weight is 330 g/mol. The molecule has 3 rings (SSSR count). The van der Waals surface area contributed by atoms with E-state index in [4.69, 9.17) is 10.3 Å². The number of piperazine rings is 1. The highest BCUT2D eigenvalue weighted by Gasteiger charge is 2.25. The van der Waals surface area contributed by atoms with Crippen LogP contribution in [0.3, 0.4) is 0 Å². The van der Waals surface area contributed by atoms with Crippen LogP contribution in [0.25, 0.3) is 0 Å². The van der Waals surface area contributed by atoms with Crippen LogP contribution in [0.1, 0.15) is 29.6 Å². The van der Waals surface area contributed by atoms with Crippen LogP contribution in [0, 0.1) is 0 Å². The molecule has 1 aromatic heterocycles. The first-order valence-corrected chi connectivity index (χ1v) is 8.42. The van der Waals surface area contributed by atoms with E-state index in [1.807, 2.05) is 30.3 Å². The van der Waals surface area contributed by atoms with Crippen LogP contribution in [0.5, 0.6) is 0 Å². The second kappa shape index (κ2) is 7.92. The number of hydrogen-bond donors (Lipinski definition) is 1. The Bertz CT molecular complexity index is 650. The zero-order valence-electron chi connectivity index (χ0n) is 13.8. The van der Waals surface area contributed by atoms with Crippen LogP contribution < -0.4 is 15.5 Å². The Labute approximate surface area is 141 Å². The first-order chi connectivity index (χ1) is 11.7. The molecule has 1 saturated heterocycles. The van der Waals surface area contributed by atoms with E-state index in [1.165, 1.54) is 0 Å². The monoisotopic (exact) mass is 330 g/mol. The third kappa shape index (κ3) is 4.32. The van der Waals surface area contributed by atoms with Gasteiger partial charge in [0, 0.05) is 25.1 Å². The number of benzene rings is 1. The summed E-state index contributed by atoms with van der Waals surface area (Å²) in [7, 11) is 0. The van der Waals surface area contributed by atoms with Gasteiger partial charge in [0.15, 0.2) is 5.78 Å². The number of aromatic nitrogens is 2. The van der Waals surface area contributed by atoms with Gasteiger partial charge in [-0.25, -0.2) is 0 Å². The second-order valence-electron chi connectivity index (χ2n) is 6.07. The smallest absolute Gasteiger partial charge is 0.296 e. The van der Waals surface area contributed by atoms with Crippen LogP contribution in [0.2, 0.25) is 0 Å². The molecule has 0 aliphatic carbocycles. The number of anilines is 1. The minimum Gasteiger partial charge on any atom is -0.362 e. The summed E-state index contributed by atoms with van der Waals surface area (Å²) in [6, 6.07) is 9.52. The number of hydrogen-bond acceptors (Lipinski definition) is 6. The van der Waals surface area contributed by atoms with E-state index in [0.29, 0.717) is 12.3 Å². The highest BCUT2D eigenvalue weighted by Crippen LogP contribution is 2.08. The van der Waals surface area contributed by atoms with Crippen molar-refractivity contribution in [3.05, 3.63) is 42.1 Å². The average Bonchev–Trinajstić information content (AvgIpc) is 3.06. The zero-order chi connectivity index (χ0) is 16.8. The van der Waals surface area contributed by atoms with Crippen LogP contribution in [-0.2, 0) is 0 Å². The van der Waals surface area contributed by atoms with Crippen molar-refractivity contribution in [2.45, 2.75) is 19.3 Å². The Balaban J connectivity index is 1.33. The minimum absolute atomic E-state index is 0.237. The Kier molecular flexibility index (Phi) is 5.43. The molecule has 7 nitrogen and oxygen atoms in total. The number of Topliss-reactive ketones (excluding diaryl/α,β-unsaturated/α-hetero) is 1. The fourth-order valence-electron chi connectivity index (χ4n) is 2.94. The minimum atomic E-state index is 0.237. The molecule has 0 amide bonds. The molecule has 0 saturated carbocycles. The van der Waals surface area contributed by atoms with Crippen molar-refractivity contribution in [2.24, 2.45) is 0 Å². The van der Waals surface area contributed by atoms with Crippen molar-refractivity contribution in [2.75, 3.05) is 43.5 Å². The Morgan fingerprint density at radius 3 is 2.58 bits per heavy atom. The van der Waals surface area contributed by atoms with Crippen molar-refractivity contribution in [1.82, 2.24) is 10.2 Å². The van der Waals surface area contributed by atoms with Crippen LogP contribution in [0.15, 0.2) is 41.1 Å². The number of carbonyl (C=O) groups excluding carboxylic acids is 1. The third-order valence-corrected chi connectivity index (χ3v) is 4.34. The SMILES string of the molecule is Nc1c[n+](N2CCN(CCCCC(=O)c3ccccc3)CC2)no1. The molecule has 128 valence electrons. The van der Waals surface area contributed by atoms with E-state index in [9.17, 15) is 4.79 Å². The number of ketones is 1. The van der Waals surface area contributed by atoms with Gasteiger partial charge in [-0.15, -0.1) is 0 Å². The Morgan fingerprint density at radius 2 is 1.92 bits per heavy atom. The van der Waals surface area contributed by atoms with Gasteiger partial charge >= 0.3 is 0 Å². The summed E-state index contributed by atoms with van der Waals surface area (Å²) >= 11 is 0. The molecule has 0 bridgehead atoms.